The van der Waals surface area contributed by atoms with Crippen molar-refractivity contribution in [3.05, 3.63) is 65.5 Å². The third-order valence-electron chi connectivity index (χ3n) is 5.01. The average molecular weight is 399 g/mol. The summed E-state index contributed by atoms with van der Waals surface area (Å²) in [5.41, 5.74) is -0.723. The lowest BCUT2D eigenvalue weighted by molar-refractivity contribution is -0.138. The second-order valence-electron chi connectivity index (χ2n) is 6.99. The van der Waals surface area contributed by atoms with Gasteiger partial charge in [0.15, 0.2) is 0 Å². The maximum atomic E-state index is 14.2. The number of carbonyl (C=O) groups excluding carboxylic acids is 3. The molecule has 0 bridgehead atoms. The number of nitrogens with one attached hydrogen (secondary N) is 1. The number of benzene rings is 2. The van der Waals surface area contributed by atoms with Crippen molar-refractivity contribution in [1.82, 2.24) is 15.1 Å². The van der Waals surface area contributed by atoms with E-state index < -0.39 is 35.7 Å². The van der Waals surface area contributed by atoms with Gasteiger partial charge in [-0.1, -0.05) is 36.4 Å². The number of rotatable bonds is 6. The molecule has 1 unspecified atom stereocenters. The fourth-order valence-corrected chi connectivity index (χ4v) is 3.32. The second kappa shape index (κ2) is 7.90. The first-order valence-corrected chi connectivity index (χ1v) is 9.03. The number of imide groups is 1. The Morgan fingerprint density at radius 1 is 1.17 bits per heavy atom. The summed E-state index contributed by atoms with van der Waals surface area (Å²) in [6, 6.07) is 12.3. The van der Waals surface area contributed by atoms with Crippen molar-refractivity contribution in [1.29, 1.82) is 0 Å². The maximum Gasteiger partial charge on any atom is 0.325 e. The largest absolute Gasteiger partial charge is 0.496 e. The molecule has 0 spiro atoms. The highest BCUT2D eigenvalue weighted by Gasteiger charge is 2.50. The average Bonchev–Trinajstić information content (AvgIpc) is 2.92. The summed E-state index contributed by atoms with van der Waals surface area (Å²) in [5, 5.41) is 2.51. The normalized spacial score (nSPS) is 18.6. The van der Waals surface area contributed by atoms with Gasteiger partial charge in [-0.15, -0.1) is 0 Å². The fraction of sp³-hybridized carbons (Fsp3) is 0.286. The van der Waals surface area contributed by atoms with Crippen molar-refractivity contribution < 1.29 is 23.5 Å². The second-order valence-corrected chi connectivity index (χ2v) is 6.99. The van der Waals surface area contributed by atoms with Crippen LogP contribution in [0.4, 0.5) is 9.18 Å². The molecule has 2 aromatic carbocycles. The van der Waals surface area contributed by atoms with Crippen LogP contribution in [0.5, 0.6) is 5.75 Å². The van der Waals surface area contributed by atoms with Crippen LogP contribution in [0.25, 0.3) is 0 Å². The van der Waals surface area contributed by atoms with E-state index in [1.54, 1.807) is 19.2 Å². The van der Waals surface area contributed by atoms with Gasteiger partial charge in [0.1, 0.15) is 23.7 Å². The monoisotopic (exact) mass is 399 g/mol. The summed E-state index contributed by atoms with van der Waals surface area (Å²) in [6.07, 6.45) is 0. The van der Waals surface area contributed by atoms with Crippen molar-refractivity contribution in [2.24, 2.45) is 0 Å². The first-order chi connectivity index (χ1) is 13.8. The molecule has 0 aromatic heterocycles. The molecule has 0 saturated carbocycles. The number of hydrogen-bond donors (Lipinski definition) is 1. The molecule has 2 aromatic rings. The zero-order valence-corrected chi connectivity index (χ0v) is 16.4. The molecule has 0 aliphatic carbocycles. The minimum Gasteiger partial charge on any atom is -0.496 e. The molecule has 0 radical (unpaired) electrons. The molecule has 1 saturated heterocycles. The summed E-state index contributed by atoms with van der Waals surface area (Å²) < 4.78 is 19.5. The number of ether oxygens (including phenoxy) is 1. The van der Waals surface area contributed by atoms with Gasteiger partial charge in [0.25, 0.3) is 5.91 Å². The summed E-state index contributed by atoms with van der Waals surface area (Å²) in [7, 11) is 3.11. The number of halogens is 1. The molecule has 1 heterocycles. The Balaban J connectivity index is 1.74. The first kappa shape index (κ1) is 20.3. The Labute approximate surface area is 168 Å². The van der Waals surface area contributed by atoms with Gasteiger partial charge >= 0.3 is 6.03 Å². The number of hydrogen-bond acceptors (Lipinski definition) is 4. The quantitative estimate of drug-likeness (QED) is 0.756. The molecule has 3 rings (SSSR count). The maximum absolute atomic E-state index is 14.2. The van der Waals surface area contributed by atoms with Crippen molar-refractivity contribution in [2.45, 2.75) is 19.0 Å². The van der Waals surface area contributed by atoms with E-state index in [2.05, 4.69) is 5.32 Å². The topological polar surface area (TPSA) is 79.0 Å². The summed E-state index contributed by atoms with van der Waals surface area (Å²) in [5.74, 6) is -1.08. The molecular weight excluding hydrogens is 377 g/mol. The van der Waals surface area contributed by atoms with E-state index in [4.69, 9.17) is 4.74 Å². The number of nitrogens with zero attached hydrogens (tertiary/aromatic N) is 2. The van der Waals surface area contributed by atoms with Crippen molar-refractivity contribution in [2.75, 3.05) is 20.7 Å². The van der Waals surface area contributed by atoms with E-state index in [0.29, 0.717) is 5.75 Å². The van der Waals surface area contributed by atoms with Crippen LogP contribution in [0.1, 0.15) is 18.1 Å². The van der Waals surface area contributed by atoms with E-state index in [1.807, 2.05) is 18.2 Å². The van der Waals surface area contributed by atoms with Crippen LogP contribution in [-0.2, 0) is 21.7 Å². The molecular formula is C21H22FN3O4. The highest BCUT2D eigenvalue weighted by Crippen LogP contribution is 2.30. The summed E-state index contributed by atoms with van der Waals surface area (Å²) in [6.45, 7) is 1.23. The van der Waals surface area contributed by atoms with E-state index in [9.17, 15) is 18.8 Å². The summed E-state index contributed by atoms with van der Waals surface area (Å²) >= 11 is 0. The van der Waals surface area contributed by atoms with Crippen LogP contribution in [0.3, 0.4) is 0 Å². The van der Waals surface area contributed by atoms with E-state index in [1.165, 1.54) is 37.1 Å². The van der Waals surface area contributed by atoms with E-state index >= 15 is 0 Å². The van der Waals surface area contributed by atoms with Crippen molar-refractivity contribution in [3.63, 3.8) is 0 Å². The standard InChI is InChI=1S/C21H22FN3O4/c1-21(15-9-5-6-10-16(15)22)19(27)25(20(28)23-21)13-18(26)24(2)12-14-8-4-7-11-17(14)29-3/h4-11H,12-13H2,1-3H3,(H,23,28). The van der Waals surface area contributed by atoms with Gasteiger partial charge in [0.05, 0.1) is 7.11 Å². The SMILES string of the molecule is COc1ccccc1CN(C)C(=O)CN1C(=O)NC(C)(c2ccccc2F)C1=O. The molecule has 4 amide bonds. The molecule has 1 aliphatic rings. The lowest BCUT2D eigenvalue weighted by Gasteiger charge is -2.24. The van der Waals surface area contributed by atoms with Crippen molar-refractivity contribution >= 4 is 17.8 Å². The number of amides is 4. The van der Waals surface area contributed by atoms with Crippen LogP contribution in [0, 0.1) is 5.82 Å². The molecule has 7 nitrogen and oxygen atoms in total. The zero-order chi connectivity index (χ0) is 21.2. The van der Waals surface area contributed by atoms with Crippen LogP contribution in [0.15, 0.2) is 48.5 Å². The predicted octanol–water partition coefficient (Wildman–Crippen LogP) is 2.26. The van der Waals surface area contributed by atoms with E-state index in [0.717, 1.165) is 10.5 Å². The molecule has 152 valence electrons. The Morgan fingerprint density at radius 3 is 2.52 bits per heavy atom. The van der Waals surface area contributed by atoms with Crippen LogP contribution >= 0.6 is 0 Å². The van der Waals surface area contributed by atoms with Gasteiger partial charge in [0, 0.05) is 24.7 Å². The number of urea groups is 1. The Hall–Kier alpha value is -3.42. The third kappa shape index (κ3) is 3.78. The van der Waals surface area contributed by atoms with E-state index in [-0.39, 0.29) is 12.1 Å². The highest BCUT2D eigenvalue weighted by atomic mass is 19.1. The summed E-state index contributed by atoms with van der Waals surface area (Å²) in [4.78, 5) is 40.1. The zero-order valence-electron chi connectivity index (χ0n) is 16.4. The lowest BCUT2D eigenvalue weighted by atomic mass is 9.91. The smallest absolute Gasteiger partial charge is 0.325 e. The lowest BCUT2D eigenvalue weighted by Crippen LogP contribution is -2.44. The van der Waals surface area contributed by atoms with Crippen LogP contribution < -0.4 is 10.1 Å². The predicted molar refractivity (Wildman–Crippen MR) is 103 cm³/mol. The minimum atomic E-state index is -1.57. The molecule has 1 N–H and O–H groups in total. The number of methoxy groups -OCH3 is 1. The molecule has 29 heavy (non-hydrogen) atoms. The van der Waals surface area contributed by atoms with Crippen LogP contribution in [-0.4, -0.2) is 48.3 Å². The van der Waals surface area contributed by atoms with Gasteiger partial charge in [-0.05, 0) is 19.1 Å². The molecule has 8 heteroatoms. The molecule has 1 atom stereocenters. The van der Waals surface area contributed by atoms with Crippen molar-refractivity contribution in [3.8, 4) is 5.75 Å². The highest BCUT2D eigenvalue weighted by molar-refractivity contribution is 6.09. The molecule has 1 fully saturated rings. The Bertz CT molecular complexity index is 964. The number of carbonyl (C=O) groups is 3. The first-order valence-electron chi connectivity index (χ1n) is 9.03. The number of para-hydroxylation sites is 1. The third-order valence-corrected chi connectivity index (χ3v) is 5.01. The molecule has 1 aliphatic heterocycles. The van der Waals surface area contributed by atoms with Crippen LogP contribution in [0.2, 0.25) is 0 Å². The van der Waals surface area contributed by atoms with Gasteiger partial charge in [-0.25, -0.2) is 9.18 Å². The van der Waals surface area contributed by atoms with Gasteiger partial charge in [0.2, 0.25) is 5.91 Å². The number of likely N-dealkylation sites (N-methyl/N-ethyl adjacent to an activating group) is 1. The Morgan fingerprint density at radius 2 is 1.83 bits per heavy atom. The van der Waals surface area contributed by atoms with Gasteiger partial charge in [-0.3, -0.25) is 14.5 Å². The Kier molecular flexibility index (Phi) is 5.54. The minimum absolute atomic E-state index is 0.0516. The van der Waals surface area contributed by atoms with Gasteiger partial charge in [-0.2, -0.15) is 0 Å². The fourth-order valence-electron chi connectivity index (χ4n) is 3.32. The van der Waals surface area contributed by atoms with Gasteiger partial charge < -0.3 is 15.0 Å².